The fraction of sp³-hybridized carbons (Fsp3) is 0.333. The Bertz CT molecular complexity index is 681. The van der Waals surface area contributed by atoms with Gasteiger partial charge in [-0.15, -0.1) is 0 Å². The summed E-state index contributed by atoms with van der Waals surface area (Å²) in [5, 5.41) is 3.37. The average molecular weight is 293 g/mol. The Balaban J connectivity index is 2.67. The van der Waals surface area contributed by atoms with Gasteiger partial charge >= 0.3 is 0 Å². The van der Waals surface area contributed by atoms with E-state index in [1.807, 2.05) is 7.05 Å². The Labute approximate surface area is 135 Å². The van der Waals surface area contributed by atoms with Crippen molar-refractivity contribution in [2.45, 2.75) is 40.7 Å². The molecule has 1 atom stereocenters. The van der Waals surface area contributed by atoms with Gasteiger partial charge in [0.2, 0.25) is 0 Å². The molecule has 1 N–H and O–H groups in total. The van der Waals surface area contributed by atoms with Crippen LogP contribution in [0, 0.1) is 20.8 Å². The highest BCUT2D eigenvalue weighted by Gasteiger charge is 2.16. The van der Waals surface area contributed by atoms with Gasteiger partial charge in [0, 0.05) is 6.04 Å². The first-order valence-electron chi connectivity index (χ1n) is 8.01. The summed E-state index contributed by atoms with van der Waals surface area (Å²) in [6.45, 7) is 11.0. The van der Waals surface area contributed by atoms with Crippen LogP contribution in [-0.4, -0.2) is 7.05 Å². The van der Waals surface area contributed by atoms with Crippen molar-refractivity contribution >= 4 is 5.57 Å². The summed E-state index contributed by atoms with van der Waals surface area (Å²) in [4.78, 5) is 0. The van der Waals surface area contributed by atoms with E-state index in [1.54, 1.807) is 0 Å². The van der Waals surface area contributed by atoms with Crippen LogP contribution in [0.5, 0.6) is 0 Å². The highest BCUT2D eigenvalue weighted by Crippen LogP contribution is 2.33. The third-order valence-electron chi connectivity index (χ3n) is 4.83. The first-order valence-corrected chi connectivity index (χ1v) is 8.01. The number of hydrogen-bond acceptors (Lipinski definition) is 1. The minimum absolute atomic E-state index is 0.354. The highest BCUT2D eigenvalue weighted by molar-refractivity contribution is 5.82. The molecule has 0 saturated carbocycles. The summed E-state index contributed by atoms with van der Waals surface area (Å²) in [6, 6.07) is 13.4. The molecule has 116 valence electrons. The largest absolute Gasteiger partial charge is 0.313 e. The van der Waals surface area contributed by atoms with Crippen LogP contribution in [-0.2, 0) is 0 Å². The van der Waals surface area contributed by atoms with Gasteiger partial charge in [0.25, 0.3) is 0 Å². The molecule has 0 heterocycles. The molecule has 1 unspecified atom stereocenters. The molecule has 1 heteroatoms. The SMILES string of the molecule is C/C=C(/c1ccccc1)c1cc(C(C)NC)c(C)c(C)c1C. The Morgan fingerprint density at radius 1 is 1.00 bits per heavy atom. The molecule has 2 aromatic carbocycles. The predicted octanol–water partition coefficient (Wildman–Crippen LogP) is 5.34. The van der Waals surface area contributed by atoms with Crippen LogP contribution >= 0.6 is 0 Å². The number of hydrogen-bond donors (Lipinski definition) is 1. The highest BCUT2D eigenvalue weighted by atomic mass is 14.9. The van der Waals surface area contributed by atoms with Gasteiger partial charge in [-0.05, 0) is 86.7 Å². The quantitative estimate of drug-likeness (QED) is 0.802. The molecule has 0 spiro atoms. The van der Waals surface area contributed by atoms with Gasteiger partial charge in [0.15, 0.2) is 0 Å². The standard InChI is InChI=1S/C21H27N/c1-7-19(18-11-9-8-10-12-18)21-13-20(17(5)22-6)15(3)14(2)16(21)4/h7-13,17,22H,1-6H3/b19-7-. The maximum Gasteiger partial charge on any atom is 0.0291 e. The third kappa shape index (κ3) is 3.00. The van der Waals surface area contributed by atoms with Gasteiger partial charge in [-0.1, -0.05) is 36.4 Å². The molecule has 0 aliphatic heterocycles. The zero-order valence-corrected chi connectivity index (χ0v) is 14.6. The molecule has 0 fully saturated rings. The van der Waals surface area contributed by atoms with Crippen molar-refractivity contribution < 1.29 is 0 Å². The lowest BCUT2D eigenvalue weighted by Crippen LogP contribution is -2.15. The number of rotatable bonds is 4. The van der Waals surface area contributed by atoms with Crippen molar-refractivity contribution in [2.24, 2.45) is 0 Å². The lowest BCUT2D eigenvalue weighted by atomic mass is 9.86. The molecule has 0 bridgehead atoms. The molecule has 2 rings (SSSR count). The maximum atomic E-state index is 3.37. The monoisotopic (exact) mass is 293 g/mol. The summed E-state index contributed by atoms with van der Waals surface area (Å²) < 4.78 is 0. The molecule has 0 saturated heterocycles. The maximum absolute atomic E-state index is 3.37. The minimum atomic E-state index is 0.354. The van der Waals surface area contributed by atoms with E-state index in [2.05, 4.69) is 82.4 Å². The van der Waals surface area contributed by atoms with E-state index in [0.717, 1.165) is 0 Å². The van der Waals surface area contributed by atoms with Gasteiger partial charge < -0.3 is 5.32 Å². The molecule has 0 aromatic heterocycles. The predicted molar refractivity (Wildman–Crippen MR) is 97.3 cm³/mol. The zero-order valence-electron chi connectivity index (χ0n) is 14.6. The Morgan fingerprint density at radius 2 is 1.64 bits per heavy atom. The molecule has 0 amide bonds. The van der Waals surface area contributed by atoms with E-state index in [0.29, 0.717) is 6.04 Å². The van der Waals surface area contributed by atoms with Crippen LogP contribution in [0.3, 0.4) is 0 Å². The Morgan fingerprint density at radius 3 is 2.18 bits per heavy atom. The molecule has 2 aromatic rings. The lowest BCUT2D eigenvalue weighted by molar-refractivity contribution is 0.647. The Kier molecular flexibility index (Phi) is 5.20. The second-order valence-electron chi connectivity index (χ2n) is 5.97. The van der Waals surface area contributed by atoms with Gasteiger partial charge in [-0.2, -0.15) is 0 Å². The fourth-order valence-electron chi connectivity index (χ4n) is 3.05. The Hall–Kier alpha value is -1.86. The second kappa shape index (κ2) is 6.93. The first kappa shape index (κ1) is 16.5. The first-order chi connectivity index (χ1) is 10.5. The van der Waals surface area contributed by atoms with Crippen molar-refractivity contribution in [3.8, 4) is 0 Å². The van der Waals surface area contributed by atoms with E-state index in [-0.39, 0.29) is 0 Å². The van der Waals surface area contributed by atoms with E-state index in [4.69, 9.17) is 0 Å². The third-order valence-corrected chi connectivity index (χ3v) is 4.83. The van der Waals surface area contributed by atoms with Gasteiger partial charge in [0.1, 0.15) is 0 Å². The lowest BCUT2D eigenvalue weighted by Gasteiger charge is -2.22. The smallest absolute Gasteiger partial charge is 0.0291 e. The van der Waals surface area contributed by atoms with Crippen LogP contribution in [0.1, 0.15) is 53.3 Å². The molecule has 22 heavy (non-hydrogen) atoms. The van der Waals surface area contributed by atoms with Crippen molar-refractivity contribution in [1.29, 1.82) is 0 Å². The average Bonchev–Trinajstić information content (AvgIpc) is 2.55. The summed E-state index contributed by atoms with van der Waals surface area (Å²) in [6.07, 6.45) is 2.22. The molecule has 1 nitrogen and oxygen atoms in total. The molecular weight excluding hydrogens is 266 g/mol. The van der Waals surface area contributed by atoms with E-state index >= 15 is 0 Å². The molecular formula is C21H27N. The van der Waals surface area contributed by atoms with Crippen molar-refractivity contribution in [3.05, 3.63) is 75.9 Å². The summed E-state index contributed by atoms with van der Waals surface area (Å²) in [7, 11) is 2.02. The van der Waals surface area contributed by atoms with Crippen molar-refractivity contribution in [1.82, 2.24) is 5.32 Å². The normalized spacial score (nSPS) is 13.3. The summed E-state index contributed by atoms with van der Waals surface area (Å²) in [5.41, 5.74) is 9.48. The fourth-order valence-corrected chi connectivity index (χ4v) is 3.05. The zero-order chi connectivity index (χ0) is 16.3. The molecule has 0 radical (unpaired) electrons. The van der Waals surface area contributed by atoms with Gasteiger partial charge in [0.05, 0.1) is 0 Å². The van der Waals surface area contributed by atoms with Crippen molar-refractivity contribution in [3.63, 3.8) is 0 Å². The van der Waals surface area contributed by atoms with Gasteiger partial charge in [-0.3, -0.25) is 0 Å². The summed E-state index contributed by atoms with van der Waals surface area (Å²) in [5.74, 6) is 0. The van der Waals surface area contributed by atoms with Crippen LogP contribution in [0.2, 0.25) is 0 Å². The summed E-state index contributed by atoms with van der Waals surface area (Å²) >= 11 is 0. The van der Waals surface area contributed by atoms with Crippen molar-refractivity contribution in [2.75, 3.05) is 7.05 Å². The van der Waals surface area contributed by atoms with E-state index in [9.17, 15) is 0 Å². The van der Waals surface area contributed by atoms with E-state index in [1.165, 1.54) is 39.0 Å². The van der Waals surface area contributed by atoms with Crippen LogP contribution in [0.25, 0.3) is 5.57 Å². The van der Waals surface area contributed by atoms with Crippen LogP contribution in [0.4, 0.5) is 0 Å². The van der Waals surface area contributed by atoms with Gasteiger partial charge in [-0.25, -0.2) is 0 Å². The van der Waals surface area contributed by atoms with Crippen LogP contribution < -0.4 is 5.32 Å². The minimum Gasteiger partial charge on any atom is -0.313 e. The van der Waals surface area contributed by atoms with Crippen LogP contribution in [0.15, 0.2) is 42.5 Å². The van der Waals surface area contributed by atoms with E-state index < -0.39 is 0 Å². The second-order valence-corrected chi connectivity index (χ2v) is 5.97. The molecule has 0 aliphatic rings. The number of allylic oxidation sites excluding steroid dienone is 1. The molecule has 0 aliphatic carbocycles. The number of nitrogens with one attached hydrogen (secondary N) is 1. The topological polar surface area (TPSA) is 12.0 Å². The number of benzene rings is 2.